The van der Waals surface area contributed by atoms with Gasteiger partial charge in [-0.15, -0.1) is 0 Å². The lowest BCUT2D eigenvalue weighted by Crippen LogP contribution is -2.54. The van der Waals surface area contributed by atoms with Crippen molar-refractivity contribution in [2.75, 3.05) is 25.1 Å². The first kappa shape index (κ1) is 35.5. The standard InChI is InChI=1S/C36H40BrN3O6S/c1-25(2)38-36(42)32(21-27-10-7-6-8-11-27)39(23-28-12-9-13-29(37)20-28)35(41)24-40(30-16-19-33(45-4)34(22-30)46-5)47(43,44)31-17-14-26(3)15-18-31/h6-20,22,25,32H,21,23-24H2,1-5H3,(H,38,42). The van der Waals surface area contributed by atoms with Gasteiger partial charge in [0, 0.05) is 29.5 Å². The van der Waals surface area contributed by atoms with Crippen LogP contribution in [0.3, 0.4) is 0 Å². The molecule has 0 aliphatic heterocycles. The van der Waals surface area contributed by atoms with Crippen molar-refractivity contribution in [3.8, 4) is 11.5 Å². The minimum atomic E-state index is -4.27. The van der Waals surface area contributed by atoms with E-state index in [1.54, 1.807) is 24.3 Å². The third kappa shape index (κ3) is 9.14. The number of methoxy groups -OCH3 is 2. The van der Waals surface area contributed by atoms with Crippen molar-refractivity contribution in [2.45, 2.75) is 50.7 Å². The SMILES string of the molecule is COc1ccc(N(CC(=O)N(Cc2cccc(Br)c2)C(Cc2ccccc2)C(=O)NC(C)C)S(=O)(=O)c2ccc(C)cc2)cc1OC. The van der Waals surface area contributed by atoms with Crippen molar-refractivity contribution in [3.05, 3.63) is 118 Å². The van der Waals surface area contributed by atoms with Crippen molar-refractivity contribution in [3.63, 3.8) is 0 Å². The van der Waals surface area contributed by atoms with Gasteiger partial charge in [-0.2, -0.15) is 0 Å². The molecule has 0 radical (unpaired) electrons. The van der Waals surface area contributed by atoms with Crippen LogP contribution < -0.4 is 19.1 Å². The topological polar surface area (TPSA) is 105 Å². The average molecular weight is 723 g/mol. The van der Waals surface area contributed by atoms with E-state index in [9.17, 15) is 18.0 Å². The van der Waals surface area contributed by atoms with Gasteiger partial charge in [0.2, 0.25) is 11.8 Å². The molecule has 0 saturated heterocycles. The normalized spacial score (nSPS) is 11.9. The minimum absolute atomic E-state index is 0.0163. The van der Waals surface area contributed by atoms with E-state index < -0.39 is 28.5 Å². The van der Waals surface area contributed by atoms with Crippen LogP contribution in [-0.4, -0.2) is 58.0 Å². The number of halogens is 1. The smallest absolute Gasteiger partial charge is 0.264 e. The summed E-state index contributed by atoms with van der Waals surface area (Å²) in [6.45, 7) is 5.04. The molecule has 0 spiro atoms. The van der Waals surface area contributed by atoms with Crippen molar-refractivity contribution < 1.29 is 27.5 Å². The number of carbonyl (C=O) groups is 2. The number of amides is 2. The van der Waals surface area contributed by atoms with Crippen molar-refractivity contribution >= 4 is 43.5 Å². The molecule has 0 aliphatic rings. The molecule has 4 rings (SSSR count). The van der Waals surface area contributed by atoms with Crippen LogP contribution in [0.15, 0.2) is 106 Å². The number of hydrogen-bond donors (Lipinski definition) is 1. The molecule has 9 nitrogen and oxygen atoms in total. The second-order valence-electron chi connectivity index (χ2n) is 11.4. The maximum atomic E-state index is 14.6. The second-order valence-corrected chi connectivity index (χ2v) is 14.2. The summed E-state index contributed by atoms with van der Waals surface area (Å²) in [7, 11) is -1.33. The second kappa shape index (κ2) is 16.0. The van der Waals surface area contributed by atoms with Gasteiger partial charge in [0.1, 0.15) is 12.6 Å². The Labute approximate surface area is 285 Å². The molecule has 0 aromatic heterocycles. The maximum absolute atomic E-state index is 14.6. The van der Waals surface area contributed by atoms with Crippen LogP contribution >= 0.6 is 15.9 Å². The number of hydrogen-bond acceptors (Lipinski definition) is 6. The van der Waals surface area contributed by atoms with Crippen LogP contribution in [0.4, 0.5) is 5.69 Å². The van der Waals surface area contributed by atoms with E-state index in [0.29, 0.717) is 11.5 Å². The Morgan fingerprint density at radius 1 is 0.830 bits per heavy atom. The van der Waals surface area contributed by atoms with Gasteiger partial charge in [-0.3, -0.25) is 13.9 Å². The summed E-state index contributed by atoms with van der Waals surface area (Å²) in [5.74, 6) is -0.202. The number of sulfonamides is 1. The Hall–Kier alpha value is -4.35. The molecular weight excluding hydrogens is 682 g/mol. The molecular formula is C36H40BrN3O6S. The number of carbonyl (C=O) groups excluding carboxylic acids is 2. The van der Waals surface area contributed by atoms with Crippen LogP contribution in [0.1, 0.15) is 30.5 Å². The fourth-order valence-corrected chi connectivity index (χ4v) is 6.97. The summed E-state index contributed by atoms with van der Waals surface area (Å²) < 4.78 is 41.3. The highest BCUT2D eigenvalue weighted by Crippen LogP contribution is 2.34. The number of nitrogens with zero attached hydrogens (tertiary/aromatic N) is 2. The van der Waals surface area contributed by atoms with E-state index >= 15 is 0 Å². The molecule has 2 amide bonds. The lowest BCUT2D eigenvalue weighted by Gasteiger charge is -2.34. The fourth-order valence-electron chi connectivity index (χ4n) is 5.11. The fraction of sp³-hybridized carbons (Fsp3) is 0.278. The monoisotopic (exact) mass is 721 g/mol. The first-order valence-corrected chi connectivity index (χ1v) is 17.4. The van der Waals surface area contributed by atoms with E-state index in [-0.39, 0.29) is 35.5 Å². The number of aryl methyl sites for hydroxylation is 1. The molecule has 4 aromatic rings. The van der Waals surface area contributed by atoms with Gasteiger partial charge < -0.3 is 19.7 Å². The van der Waals surface area contributed by atoms with Crippen molar-refractivity contribution in [1.29, 1.82) is 0 Å². The molecule has 0 bridgehead atoms. The number of anilines is 1. The van der Waals surface area contributed by atoms with Gasteiger partial charge >= 0.3 is 0 Å². The van der Waals surface area contributed by atoms with E-state index in [1.807, 2.05) is 75.4 Å². The van der Waals surface area contributed by atoms with Crippen molar-refractivity contribution in [1.82, 2.24) is 10.2 Å². The van der Waals surface area contributed by atoms with Crippen LogP contribution in [0.2, 0.25) is 0 Å². The lowest BCUT2D eigenvalue weighted by atomic mass is 10.0. The summed E-state index contributed by atoms with van der Waals surface area (Å²) in [4.78, 5) is 29.9. The van der Waals surface area contributed by atoms with Crippen molar-refractivity contribution in [2.24, 2.45) is 0 Å². The highest BCUT2D eigenvalue weighted by Gasteiger charge is 2.35. The summed E-state index contributed by atoms with van der Waals surface area (Å²) in [5.41, 5.74) is 2.71. The van der Waals surface area contributed by atoms with Crippen LogP contribution in [0, 0.1) is 6.92 Å². The Morgan fingerprint density at radius 2 is 1.49 bits per heavy atom. The quantitative estimate of drug-likeness (QED) is 0.168. The molecule has 4 aromatic carbocycles. The zero-order valence-electron chi connectivity index (χ0n) is 27.1. The molecule has 0 fully saturated rings. The van der Waals surface area contributed by atoms with Crippen LogP contribution in [0.25, 0.3) is 0 Å². The number of rotatable bonds is 14. The Bertz CT molecular complexity index is 1780. The van der Waals surface area contributed by atoms with E-state index in [1.165, 1.54) is 37.3 Å². The van der Waals surface area contributed by atoms with Gasteiger partial charge in [-0.05, 0) is 68.3 Å². The zero-order valence-corrected chi connectivity index (χ0v) is 29.5. The highest BCUT2D eigenvalue weighted by molar-refractivity contribution is 9.10. The number of benzene rings is 4. The third-order valence-electron chi connectivity index (χ3n) is 7.49. The Morgan fingerprint density at radius 3 is 2.11 bits per heavy atom. The van der Waals surface area contributed by atoms with Gasteiger partial charge in [-0.25, -0.2) is 8.42 Å². The van der Waals surface area contributed by atoms with Gasteiger partial charge in [-0.1, -0.05) is 76.1 Å². The van der Waals surface area contributed by atoms with Crippen LogP contribution in [0.5, 0.6) is 11.5 Å². The van der Waals surface area contributed by atoms with E-state index in [4.69, 9.17) is 9.47 Å². The lowest BCUT2D eigenvalue weighted by molar-refractivity contribution is -0.140. The van der Waals surface area contributed by atoms with E-state index in [2.05, 4.69) is 21.2 Å². The molecule has 1 atom stereocenters. The molecule has 0 saturated carbocycles. The Kier molecular flexibility index (Phi) is 12.1. The van der Waals surface area contributed by atoms with E-state index in [0.717, 1.165) is 25.5 Å². The molecule has 0 heterocycles. The maximum Gasteiger partial charge on any atom is 0.264 e. The molecule has 11 heteroatoms. The number of nitrogens with one attached hydrogen (secondary N) is 1. The average Bonchev–Trinajstić information content (AvgIpc) is 3.05. The zero-order chi connectivity index (χ0) is 34.1. The van der Waals surface area contributed by atoms with Gasteiger partial charge in [0.15, 0.2) is 11.5 Å². The summed E-state index contributed by atoms with van der Waals surface area (Å²) in [5, 5.41) is 2.97. The summed E-state index contributed by atoms with van der Waals surface area (Å²) in [6, 6.07) is 26.8. The predicted octanol–water partition coefficient (Wildman–Crippen LogP) is 6.13. The first-order valence-electron chi connectivity index (χ1n) is 15.1. The largest absolute Gasteiger partial charge is 0.493 e. The summed E-state index contributed by atoms with van der Waals surface area (Å²) in [6.07, 6.45) is 0.222. The number of ether oxygens (including phenoxy) is 2. The minimum Gasteiger partial charge on any atom is -0.493 e. The predicted molar refractivity (Wildman–Crippen MR) is 187 cm³/mol. The van der Waals surface area contributed by atoms with Gasteiger partial charge in [0.25, 0.3) is 10.0 Å². The third-order valence-corrected chi connectivity index (χ3v) is 9.77. The van der Waals surface area contributed by atoms with Crippen LogP contribution in [-0.2, 0) is 32.6 Å². The Balaban J connectivity index is 1.85. The molecule has 47 heavy (non-hydrogen) atoms. The molecule has 0 aliphatic carbocycles. The summed E-state index contributed by atoms with van der Waals surface area (Å²) >= 11 is 3.50. The van der Waals surface area contributed by atoms with Gasteiger partial charge in [0.05, 0.1) is 24.8 Å². The highest BCUT2D eigenvalue weighted by atomic mass is 79.9. The molecule has 1 N–H and O–H groups in total. The molecule has 1 unspecified atom stereocenters. The first-order chi connectivity index (χ1) is 22.4. The molecule has 248 valence electrons.